The largest absolute Gasteiger partial charge is 0.368 e. The SMILES string of the molecule is Nc1nc(-c2ccsc2)c(Cc2ccccc2)c(-c2ccsc2)n1. The molecule has 4 rings (SSSR count). The Morgan fingerprint density at radius 2 is 1.38 bits per heavy atom. The summed E-state index contributed by atoms with van der Waals surface area (Å²) in [4.78, 5) is 9.12. The predicted molar refractivity (Wildman–Crippen MR) is 102 cm³/mol. The first-order valence-electron chi connectivity index (χ1n) is 7.57. The molecule has 0 radical (unpaired) electrons. The van der Waals surface area contributed by atoms with Crippen molar-refractivity contribution in [2.75, 3.05) is 5.73 Å². The topological polar surface area (TPSA) is 51.8 Å². The molecular formula is C19H15N3S2. The van der Waals surface area contributed by atoms with E-state index in [9.17, 15) is 0 Å². The summed E-state index contributed by atoms with van der Waals surface area (Å²) in [6.07, 6.45) is 0.775. The number of nitrogens with two attached hydrogens (primary N) is 1. The van der Waals surface area contributed by atoms with Gasteiger partial charge in [-0.15, -0.1) is 0 Å². The zero-order valence-electron chi connectivity index (χ0n) is 12.8. The molecule has 3 aromatic heterocycles. The van der Waals surface area contributed by atoms with Gasteiger partial charge in [0.15, 0.2) is 0 Å². The third kappa shape index (κ3) is 2.96. The Balaban J connectivity index is 1.93. The van der Waals surface area contributed by atoms with Crippen molar-refractivity contribution in [1.82, 2.24) is 9.97 Å². The first-order chi connectivity index (χ1) is 11.8. The number of aromatic nitrogens is 2. The van der Waals surface area contributed by atoms with Crippen molar-refractivity contribution in [3.8, 4) is 22.5 Å². The van der Waals surface area contributed by atoms with Crippen molar-refractivity contribution in [1.29, 1.82) is 0 Å². The van der Waals surface area contributed by atoms with Gasteiger partial charge in [0, 0.05) is 33.9 Å². The fourth-order valence-electron chi connectivity index (χ4n) is 2.74. The van der Waals surface area contributed by atoms with Crippen LogP contribution in [0.15, 0.2) is 64.0 Å². The summed E-state index contributed by atoms with van der Waals surface area (Å²) in [5.41, 5.74) is 12.4. The first-order valence-corrected chi connectivity index (χ1v) is 9.45. The Hall–Kier alpha value is -2.50. The molecule has 24 heavy (non-hydrogen) atoms. The maximum atomic E-state index is 6.02. The first kappa shape index (κ1) is 15.1. The highest BCUT2D eigenvalue weighted by Crippen LogP contribution is 2.34. The lowest BCUT2D eigenvalue weighted by atomic mass is 9.97. The Morgan fingerprint density at radius 3 is 1.88 bits per heavy atom. The fraction of sp³-hybridized carbons (Fsp3) is 0.0526. The fourth-order valence-corrected chi connectivity index (χ4v) is 4.03. The molecule has 4 aromatic rings. The molecule has 3 nitrogen and oxygen atoms in total. The monoisotopic (exact) mass is 349 g/mol. The predicted octanol–water partition coefficient (Wildman–Crippen LogP) is 5.11. The van der Waals surface area contributed by atoms with Crippen molar-refractivity contribution in [3.05, 3.63) is 75.1 Å². The molecule has 0 amide bonds. The van der Waals surface area contributed by atoms with Crippen LogP contribution in [-0.4, -0.2) is 9.97 Å². The van der Waals surface area contributed by atoms with Gasteiger partial charge in [-0.25, -0.2) is 9.97 Å². The Bertz CT molecular complexity index is 875. The number of anilines is 1. The third-order valence-corrected chi connectivity index (χ3v) is 5.20. The van der Waals surface area contributed by atoms with Gasteiger partial charge in [0.25, 0.3) is 0 Å². The number of benzene rings is 1. The molecular weight excluding hydrogens is 334 g/mol. The van der Waals surface area contributed by atoms with Crippen LogP contribution in [0, 0.1) is 0 Å². The number of rotatable bonds is 4. The average molecular weight is 349 g/mol. The standard InChI is InChI=1S/C19H15N3S2/c20-19-21-17(14-6-8-23-11-14)16(10-13-4-2-1-3-5-13)18(22-19)15-7-9-24-12-15/h1-9,11-12H,10H2,(H2,20,21,22). The van der Waals surface area contributed by atoms with Gasteiger partial charge in [0.1, 0.15) is 0 Å². The highest BCUT2D eigenvalue weighted by atomic mass is 32.1. The molecule has 0 bridgehead atoms. The molecule has 0 spiro atoms. The number of thiophene rings is 2. The number of nitrogens with zero attached hydrogens (tertiary/aromatic N) is 2. The molecule has 2 N–H and O–H groups in total. The molecule has 0 fully saturated rings. The van der Waals surface area contributed by atoms with E-state index in [1.165, 1.54) is 5.56 Å². The molecule has 0 saturated carbocycles. The summed E-state index contributed by atoms with van der Waals surface area (Å²) in [5.74, 6) is 0.314. The van der Waals surface area contributed by atoms with Crippen LogP contribution < -0.4 is 5.73 Å². The second kappa shape index (κ2) is 6.55. The molecule has 0 atom stereocenters. The zero-order valence-corrected chi connectivity index (χ0v) is 14.5. The van der Waals surface area contributed by atoms with Crippen molar-refractivity contribution in [2.24, 2.45) is 0 Å². The van der Waals surface area contributed by atoms with Crippen LogP contribution in [0.3, 0.4) is 0 Å². The third-order valence-electron chi connectivity index (χ3n) is 3.84. The van der Waals surface area contributed by atoms with Crippen LogP contribution in [0.1, 0.15) is 11.1 Å². The summed E-state index contributed by atoms with van der Waals surface area (Å²) in [6.45, 7) is 0. The molecule has 118 valence electrons. The summed E-state index contributed by atoms with van der Waals surface area (Å²) in [6, 6.07) is 14.6. The van der Waals surface area contributed by atoms with E-state index >= 15 is 0 Å². The lowest BCUT2D eigenvalue weighted by molar-refractivity contribution is 1.10. The van der Waals surface area contributed by atoms with Gasteiger partial charge in [-0.3, -0.25) is 0 Å². The average Bonchev–Trinajstić information content (AvgIpc) is 3.31. The van der Waals surface area contributed by atoms with E-state index in [-0.39, 0.29) is 0 Å². The smallest absolute Gasteiger partial charge is 0.221 e. The van der Waals surface area contributed by atoms with E-state index < -0.39 is 0 Å². The number of hydrogen-bond donors (Lipinski definition) is 1. The second-order valence-electron chi connectivity index (χ2n) is 5.44. The summed E-state index contributed by atoms with van der Waals surface area (Å²) in [5, 5.41) is 8.33. The van der Waals surface area contributed by atoms with E-state index in [1.807, 2.05) is 6.07 Å². The van der Waals surface area contributed by atoms with E-state index in [0.29, 0.717) is 5.95 Å². The summed E-state index contributed by atoms with van der Waals surface area (Å²) >= 11 is 3.32. The van der Waals surface area contributed by atoms with Gasteiger partial charge >= 0.3 is 0 Å². The summed E-state index contributed by atoms with van der Waals surface area (Å²) in [7, 11) is 0. The van der Waals surface area contributed by atoms with Gasteiger partial charge in [-0.2, -0.15) is 22.7 Å². The van der Waals surface area contributed by atoms with Crippen LogP contribution in [0.25, 0.3) is 22.5 Å². The van der Waals surface area contributed by atoms with Crippen molar-refractivity contribution < 1.29 is 0 Å². The van der Waals surface area contributed by atoms with Crippen LogP contribution in [-0.2, 0) is 6.42 Å². The lowest BCUT2D eigenvalue weighted by Gasteiger charge is -2.13. The van der Waals surface area contributed by atoms with Gasteiger partial charge in [0.2, 0.25) is 5.95 Å². The maximum absolute atomic E-state index is 6.02. The van der Waals surface area contributed by atoms with E-state index in [0.717, 1.165) is 34.5 Å². The Labute approximate surface area is 148 Å². The zero-order chi connectivity index (χ0) is 16.4. The molecule has 3 heterocycles. The molecule has 1 aromatic carbocycles. The van der Waals surface area contributed by atoms with E-state index in [1.54, 1.807) is 22.7 Å². The summed E-state index contributed by atoms with van der Waals surface area (Å²) < 4.78 is 0. The second-order valence-corrected chi connectivity index (χ2v) is 7.00. The van der Waals surface area contributed by atoms with Gasteiger partial charge < -0.3 is 5.73 Å². The highest BCUT2D eigenvalue weighted by Gasteiger charge is 2.17. The van der Waals surface area contributed by atoms with Crippen molar-refractivity contribution in [3.63, 3.8) is 0 Å². The highest BCUT2D eigenvalue weighted by molar-refractivity contribution is 7.08. The van der Waals surface area contributed by atoms with Gasteiger partial charge in [-0.05, 0) is 28.5 Å². The normalized spacial score (nSPS) is 10.8. The van der Waals surface area contributed by atoms with Crippen LogP contribution >= 0.6 is 22.7 Å². The van der Waals surface area contributed by atoms with Gasteiger partial charge in [0.05, 0.1) is 11.4 Å². The van der Waals surface area contributed by atoms with Gasteiger partial charge in [-0.1, -0.05) is 30.3 Å². The Morgan fingerprint density at radius 1 is 0.792 bits per heavy atom. The van der Waals surface area contributed by atoms with Crippen LogP contribution in [0.5, 0.6) is 0 Å². The molecule has 0 saturated heterocycles. The quantitative estimate of drug-likeness (QED) is 0.557. The van der Waals surface area contributed by atoms with E-state index in [4.69, 9.17) is 5.73 Å². The van der Waals surface area contributed by atoms with Crippen LogP contribution in [0.2, 0.25) is 0 Å². The van der Waals surface area contributed by atoms with Crippen molar-refractivity contribution in [2.45, 2.75) is 6.42 Å². The lowest BCUT2D eigenvalue weighted by Crippen LogP contribution is -2.05. The molecule has 0 aliphatic rings. The minimum absolute atomic E-state index is 0.314. The number of hydrogen-bond acceptors (Lipinski definition) is 5. The number of nitrogen functional groups attached to an aromatic ring is 1. The molecule has 0 aliphatic heterocycles. The van der Waals surface area contributed by atoms with E-state index in [2.05, 4.69) is 67.9 Å². The molecule has 0 aliphatic carbocycles. The van der Waals surface area contributed by atoms with Crippen molar-refractivity contribution >= 4 is 28.6 Å². The molecule has 0 unspecified atom stereocenters. The van der Waals surface area contributed by atoms with Crippen LogP contribution in [0.4, 0.5) is 5.95 Å². The Kier molecular flexibility index (Phi) is 4.11. The molecule has 5 heteroatoms. The maximum Gasteiger partial charge on any atom is 0.221 e. The minimum Gasteiger partial charge on any atom is -0.368 e. The minimum atomic E-state index is 0.314.